The van der Waals surface area contributed by atoms with Gasteiger partial charge < -0.3 is 18.3 Å². The Kier molecular flexibility index (Phi) is 4.86. The zero-order chi connectivity index (χ0) is 22.3. The molecule has 0 amide bonds. The summed E-state index contributed by atoms with van der Waals surface area (Å²) in [6, 6.07) is 0. The highest BCUT2D eigenvalue weighted by Gasteiger charge is 2.65. The number of hydrogen-bond acceptors (Lipinski definition) is 6. The maximum atomic E-state index is 12.5. The van der Waals surface area contributed by atoms with Crippen molar-refractivity contribution in [2.45, 2.75) is 77.5 Å². The first-order chi connectivity index (χ1) is 13.7. The van der Waals surface area contributed by atoms with Crippen molar-refractivity contribution in [3.8, 4) is 0 Å². The monoisotopic (exact) mass is 450 g/mol. The lowest BCUT2D eigenvalue weighted by Gasteiger charge is -2.48. The fourth-order valence-corrected chi connectivity index (χ4v) is 7.26. The summed E-state index contributed by atoms with van der Waals surface area (Å²) in [5.74, 6) is -0.921. The van der Waals surface area contributed by atoms with Gasteiger partial charge in [-0.15, -0.1) is 0 Å². The Morgan fingerprint density at radius 1 is 0.767 bits per heavy atom. The molecule has 4 aliphatic rings. The zero-order valence-corrected chi connectivity index (χ0v) is 21.2. The van der Waals surface area contributed by atoms with E-state index in [-0.39, 0.29) is 23.8 Å². The highest BCUT2D eigenvalue weighted by atomic mass is 28.4. The van der Waals surface area contributed by atoms with Crippen LogP contribution in [0.2, 0.25) is 39.3 Å². The Labute approximate surface area is 181 Å². The fraction of sp³-hybridized carbons (Fsp3) is 0.727. The van der Waals surface area contributed by atoms with Gasteiger partial charge in [-0.3, -0.25) is 9.59 Å². The van der Waals surface area contributed by atoms with Crippen LogP contribution in [0.15, 0.2) is 24.3 Å². The minimum Gasteiger partial charge on any atom is -0.458 e. The number of fused-ring (bicyclic) bond motifs is 2. The van der Waals surface area contributed by atoms with E-state index < -0.39 is 51.9 Å². The van der Waals surface area contributed by atoms with Crippen LogP contribution < -0.4 is 0 Å². The molecule has 8 atom stereocenters. The predicted molar refractivity (Wildman–Crippen MR) is 118 cm³/mol. The van der Waals surface area contributed by atoms with Gasteiger partial charge in [-0.25, -0.2) is 0 Å². The Hall–Kier alpha value is -1.23. The summed E-state index contributed by atoms with van der Waals surface area (Å²) in [4.78, 5) is 25.1. The van der Waals surface area contributed by atoms with E-state index in [4.69, 9.17) is 18.3 Å². The van der Waals surface area contributed by atoms with Crippen LogP contribution in [-0.2, 0) is 27.9 Å². The summed E-state index contributed by atoms with van der Waals surface area (Å²) >= 11 is 0. The third kappa shape index (κ3) is 3.36. The van der Waals surface area contributed by atoms with Crippen LogP contribution in [0, 0.1) is 22.7 Å². The van der Waals surface area contributed by atoms with Gasteiger partial charge in [0.25, 0.3) is 0 Å². The Morgan fingerprint density at radius 3 is 1.30 bits per heavy atom. The quantitative estimate of drug-likeness (QED) is 0.335. The summed E-state index contributed by atoms with van der Waals surface area (Å²) in [6.07, 6.45) is 5.95. The number of hydrogen-bond donors (Lipinski definition) is 0. The molecule has 0 radical (unpaired) electrons. The number of ether oxygens (including phenoxy) is 2. The molecular weight excluding hydrogens is 416 g/mol. The minimum atomic E-state index is -2.06. The Morgan fingerprint density at radius 2 is 1.10 bits per heavy atom. The van der Waals surface area contributed by atoms with Gasteiger partial charge in [0.1, 0.15) is 24.4 Å². The molecule has 0 bridgehead atoms. The van der Waals surface area contributed by atoms with Gasteiger partial charge in [0, 0.05) is 10.8 Å². The lowest BCUT2D eigenvalue weighted by Crippen LogP contribution is -2.60. The van der Waals surface area contributed by atoms with Crippen LogP contribution in [0.4, 0.5) is 0 Å². The molecule has 8 heteroatoms. The van der Waals surface area contributed by atoms with E-state index in [1.54, 1.807) is 0 Å². The molecule has 0 aromatic carbocycles. The molecule has 0 N–H and O–H groups in total. The molecule has 2 aliphatic heterocycles. The number of carbonyl (C=O) groups excluding carboxylic acids is 2. The van der Waals surface area contributed by atoms with Crippen LogP contribution in [0.3, 0.4) is 0 Å². The molecule has 0 spiro atoms. The maximum Gasteiger partial charge on any atom is 0.314 e. The van der Waals surface area contributed by atoms with Gasteiger partial charge in [-0.1, -0.05) is 38.2 Å². The molecule has 6 nitrogen and oxygen atoms in total. The van der Waals surface area contributed by atoms with Crippen LogP contribution in [0.5, 0.6) is 0 Å². The van der Waals surface area contributed by atoms with Crippen molar-refractivity contribution in [1.29, 1.82) is 0 Å². The maximum absolute atomic E-state index is 12.5. The largest absolute Gasteiger partial charge is 0.458 e. The lowest BCUT2D eigenvalue weighted by atomic mass is 9.62. The SMILES string of the molecule is C[C@@]12C=C[C@@H]1C(=O)O[C@@H]2[C@@H](O[Si](C)(C)C)[C@H](O[Si](C)(C)C)[C@H]1OC(=O)[C@@H]2C=C[C@]12C. The molecule has 2 aliphatic carbocycles. The number of rotatable bonds is 7. The average Bonchev–Trinajstić information content (AvgIpc) is 2.82. The Bertz CT molecular complexity index is 756. The number of carbonyl (C=O) groups is 2. The van der Waals surface area contributed by atoms with Gasteiger partial charge >= 0.3 is 11.9 Å². The van der Waals surface area contributed by atoms with E-state index in [9.17, 15) is 9.59 Å². The van der Waals surface area contributed by atoms with Crippen LogP contribution in [-0.4, -0.2) is 53.0 Å². The second-order valence-electron chi connectivity index (χ2n) is 11.5. The lowest BCUT2D eigenvalue weighted by molar-refractivity contribution is -0.162. The molecule has 166 valence electrons. The molecule has 2 fully saturated rings. The summed E-state index contributed by atoms with van der Waals surface area (Å²) in [7, 11) is -4.12. The fourth-order valence-electron chi connectivity index (χ4n) is 5.11. The highest BCUT2D eigenvalue weighted by molar-refractivity contribution is 6.70. The zero-order valence-electron chi connectivity index (χ0n) is 19.2. The first-order valence-electron chi connectivity index (χ1n) is 10.8. The number of cyclic esters (lactones) is 2. The normalized spacial score (nSPS) is 41.3. The average molecular weight is 451 g/mol. The molecule has 0 aromatic rings. The van der Waals surface area contributed by atoms with E-state index >= 15 is 0 Å². The predicted octanol–water partition coefficient (Wildman–Crippen LogP) is 3.66. The summed E-state index contributed by atoms with van der Waals surface area (Å²) < 4.78 is 25.3. The van der Waals surface area contributed by atoms with Crippen molar-refractivity contribution in [2.24, 2.45) is 22.7 Å². The summed E-state index contributed by atoms with van der Waals surface area (Å²) in [5, 5.41) is 0. The third-order valence-electron chi connectivity index (χ3n) is 6.76. The molecule has 2 saturated heterocycles. The van der Waals surface area contributed by atoms with Crippen molar-refractivity contribution in [1.82, 2.24) is 0 Å². The van der Waals surface area contributed by atoms with Crippen molar-refractivity contribution >= 4 is 28.6 Å². The van der Waals surface area contributed by atoms with E-state index in [2.05, 4.69) is 39.3 Å². The van der Waals surface area contributed by atoms with E-state index in [0.29, 0.717) is 0 Å². The van der Waals surface area contributed by atoms with E-state index in [1.165, 1.54) is 0 Å². The van der Waals surface area contributed by atoms with Crippen molar-refractivity contribution in [2.75, 3.05) is 0 Å². The van der Waals surface area contributed by atoms with Gasteiger partial charge in [0.05, 0.1) is 11.8 Å². The smallest absolute Gasteiger partial charge is 0.314 e. The molecule has 4 rings (SSSR count). The van der Waals surface area contributed by atoms with E-state index in [0.717, 1.165) is 0 Å². The van der Waals surface area contributed by atoms with Gasteiger partial charge in [-0.2, -0.15) is 0 Å². The minimum absolute atomic E-state index is 0.211. The molecule has 0 unspecified atom stereocenters. The van der Waals surface area contributed by atoms with Gasteiger partial charge in [0.15, 0.2) is 16.6 Å². The summed E-state index contributed by atoms with van der Waals surface area (Å²) in [5.41, 5.74) is -0.859. The van der Waals surface area contributed by atoms with Crippen molar-refractivity contribution in [3.63, 3.8) is 0 Å². The first kappa shape index (κ1) is 22.0. The molecule has 0 aromatic heterocycles. The second-order valence-corrected chi connectivity index (χ2v) is 20.4. The van der Waals surface area contributed by atoms with Crippen LogP contribution >= 0.6 is 0 Å². The van der Waals surface area contributed by atoms with Crippen LogP contribution in [0.25, 0.3) is 0 Å². The van der Waals surface area contributed by atoms with Gasteiger partial charge in [-0.05, 0) is 39.3 Å². The standard InChI is InChI=1S/C22H34O6Si2/c1-21-11-9-13(21)19(23)25-17(21)15(27-29(3,4)5)16(28-30(6,7)8)18-22(2)12-10-14(22)20(24)26-18/h9-18H,1-8H3/t13-,14+,15-,16-,17+,18+,21-,22+/m0/s1. The highest BCUT2D eigenvalue weighted by Crippen LogP contribution is 2.55. The van der Waals surface area contributed by atoms with Crippen molar-refractivity contribution in [3.05, 3.63) is 24.3 Å². The van der Waals surface area contributed by atoms with E-state index in [1.807, 2.05) is 38.2 Å². The third-order valence-corrected chi connectivity index (χ3v) is 8.71. The second kappa shape index (κ2) is 6.64. The molecule has 30 heavy (non-hydrogen) atoms. The van der Waals surface area contributed by atoms with Crippen LogP contribution in [0.1, 0.15) is 13.8 Å². The topological polar surface area (TPSA) is 71.1 Å². The molecule has 2 heterocycles. The Balaban J connectivity index is 1.76. The molecular formula is C22H34O6Si2. The molecule has 0 saturated carbocycles. The van der Waals surface area contributed by atoms with Crippen molar-refractivity contribution < 1.29 is 27.9 Å². The number of esters is 2. The van der Waals surface area contributed by atoms with Gasteiger partial charge in [0.2, 0.25) is 0 Å². The first-order valence-corrected chi connectivity index (χ1v) is 17.6. The summed E-state index contributed by atoms with van der Waals surface area (Å²) in [6.45, 7) is 16.8.